The van der Waals surface area contributed by atoms with Gasteiger partial charge in [-0.05, 0) is 41.1 Å². The van der Waals surface area contributed by atoms with E-state index >= 15 is 0 Å². The van der Waals surface area contributed by atoms with E-state index < -0.39 is 0 Å². The van der Waals surface area contributed by atoms with Gasteiger partial charge in [0.2, 0.25) is 0 Å². The number of likely N-dealkylation sites (N-methyl/N-ethyl adjacent to an activating group) is 1. The van der Waals surface area contributed by atoms with Crippen molar-refractivity contribution >= 4 is 27.7 Å². The maximum atomic E-state index is 4.69. The van der Waals surface area contributed by atoms with Crippen LogP contribution in [-0.2, 0) is 19.4 Å². The highest BCUT2D eigenvalue weighted by Gasteiger charge is 2.18. The fourth-order valence-corrected chi connectivity index (χ4v) is 3.81. The van der Waals surface area contributed by atoms with Crippen LogP contribution in [0.1, 0.15) is 46.0 Å². The summed E-state index contributed by atoms with van der Waals surface area (Å²) in [4.78, 5) is 0. The Hall–Kier alpha value is 0. The molecule has 5 heteroatoms. The van der Waals surface area contributed by atoms with Gasteiger partial charge in [0.05, 0.1) is 15.9 Å². The lowest BCUT2D eigenvalue weighted by Gasteiger charge is -2.19. The minimum absolute atomic E-state index is 0.510. The zero-order valence-corrected chi connectivity index (χ0v) is 15.8. The molecule has 1 rings (SSSR count). The molecule has 0 aliphatic rings. The molecule has 0 radical (unpaired) electrons. The number of hydrogen-bond acceptors (Lipinski definition) is 3. The summed E-state index contributed by atoms with van der Waals surface area (Å²) < 4.78 is 3.35. The third-order valence-electron chi connectivity index (χ3n) is 3.26. The van der Waals surface area contributed by atoms with Crippen molar-refractivity contribution in [3.8, 4) is 0 Å². The number of nitrogens with zero attached hydrogens (tertiary/aromatic N) is 2. The Labute approximate surface area is 136 Å². The Kier molecular flexibility index (Phi) is 8.22. The molecule has 3 nitrogen and oxygen atoms in total. The largest absolute Gasteiger partial charge is 0.313 e. The van der Waals surface area contributed by atoms with Crippen molar-refractivity contribution < 1.29 is 0 Å². The molecular formula is C15H28BrN3S. The topological polar surface area (TPSA) is 29.9 Å². The molecule has 1 aromatic rings. The molecule has 1 heterocycles. The van der Waals surface area contributed by atoms with Crippen LogP contribution in [0.5, 0.6) is 0 Å². The fraction of sp³-hybridized carbons (Fsp3) is 0.800. The normalized spacial score (nSPS) is 13.2. The van der Waals surface area contributed by atoms with Crippen molar-refractivity contribution in [2.45, 2.75) is 65.3 Å². The maximum absolute atomic E-state index is 4.69. The van der Waals surface area contributed by atoms with Crippen LogP contribution in [0.25, 0.3) is 0 Å². The number of halogens is 1. The summed E-state index contributed by atoms with van der Waals surface area (Å²) in [5.41, 5.74) is 2.51. The number of aryl methyl sites for hydroxylation is 2. The molecule has 0 bridgehead atoms. The highest BCUT2D eigenvalue weighted by Crippen LogP contribution is 2.24. The summed E-state index contributed by atoms with van der Waals surface area (Å²) in [6.07, 6.45) is 2.02. The molecule has 0 fully saturated rings. The summed E-state index contributed by atoms with van der Waals surface area (Å²) in [5.74, 6) is 1.15. The van der Waals surface area contributed by atoms with Gasteiger partial charge < -0.3 is 5.32 Å². The SMILES string of the molecule is CCNC(CSC(C)C)Cc1c(Br)c(CC)nn1CC. The van der Waals surface area contributed by atoms with Crippen molar-refractivity contribution in [3.63, 3.8) is 0 Å². The summed E-state index contributed by atoms with van der Waals surface area (Å²) in [6.45, 7) is 13.0. The zero-order chi connectivity index (χ0) is 15.1. The number of nitrogens with one attached hydrogen (secondary N) is 1. The van der Waals surface area contributed by atoms with Gasteiger partial charge in [0.25, 0.3) is 0 Å². The predicted octanol–water partition coefficient (Wildman–Crippen LogP) is 3.89. The van der Waals surface area contributed by atoms with Gasteiger partial charge in [0, 0.05) is 24.8 Å². The van der Waals surface area contributed by atoms with Crippen LogP contribution in [0.15, 0.2) is 4.47 Å². The highest BCUT2D eigenvalue weighted by molar-refractivity contribution is 9.10. The molecule has 0 aliphatic carbocycles. The van der Waals surface area contributed by atoms with Crippen molar-refractivity contribution in [1.82, 2.24) is 15.1 Å². The van der Waals surface area contributed by atoms with Crippen LogP contribution >= 0.6 is 27.7 Å². The second-order valence-electron chi connectivity index (χ2n) is 5.22. The van der Waals surface area contributed by atoms with Gasteiger partial charge in [-0.2, -0.15) is 16.9 Å². The molecule has 0 amide bonds. The van der Waals surface area contributed by atoms with E-state index in [4.69, 9.17) is 5.10 Å². The van der Waals surface area contributed by atoms with Gasteiger partial charge in [-0.1, -0.05) is 27.7 Å². The van der Waals surface area contributed by atoms with E-state index in [0.29, 0.717) is 11.3 Å². The first-order valence-corrected chi connectivity index (χ1v) is 9.46. The number of rotatable bonds is 9. The summed E-state index contributed by atoms with van der Waals surface area (Å²) >= 11 is 5.77. The van der Waals surface area contributed by atoms with Gasteiger partial charge in [-0.3, -0.25) is 4.68 Å². The van der Waals surface area contributed by atoms with Crippen LogP contribution in [0.4, 0.5) is 0 Å². The minimum atomic E-state index is 0.510. The Bertz CT molecular complexity index is 404. The third-order valence-corrected chi connectivity index (χ3v) is 5.43. The molecule has 20 heavy (non-hydrogen) atoms. The lowest BCUT2D eigenvalue weighted by atomic mass is 10.1. The quantitative estimate of drug-likeness (QED) is 0.723. The molecule has 1 atom stereocenters. The molecule has 0 saturated carbocycles. The van der Waals surface area contributed by atoms with E-state index in [1.165, 1.54) is 15.9 Å². The van der Waals surface area contributed by atoms with Gasteiger partial charge in [0.15, 0.2) is 0 Å². The van der Waals surface area contributed by atoms with Gasteiger partial charge >= 0.3 is 0 Å². The van der Waals surface area contributed by atoms with Crippen molar-refractivity contribution in [2.24, 2.45) is 0 Å². The van der Waals surface area contributed by atoms with E-state index in [1.54, 1.807) is 0 Å². The number of thioether (sulfide) groups is 1. The molecule has 116 valence electrons. The standard InChI is InChI=1S/C15H28BrN3S/c1-6-13-15(16)14(19(8-3)18-13)9-12(17-7-2)10-20-11(4)5/h11-12,17H,6-10H2,1-5H3. The van der Waals surface area contributed by atoms with E-state index in [0.717, 1.165) is 31.7 Å². The highest BCUT2D eigenvalue weighted by atomic mass is 79.9. The van der Waals surface area contributed by atoms with Crippen LogP contribution in [0.3, 0.4) is 0 Å². The molecule has 0 spiro atoms. The van der Waals surface area contributed by atoms with E-state index in [2.05, 4.69) is 60.5 Å². The maximum Gasteiger partial charge on any atom is 0.0766 e. The van der Waals surface area contributed by atoms with Gasteiger partial charge in [-0.15, -0.1) is 0 Å². The van der Waals surface area contributed by atoms with E-state index in [9.17, 15) is 0 Å². The summed E-state index contributed by atoms with van der Waals surface area (Å²) in [6, 6.07) is 0.510. The zero-order valence-electron chi connectivity index (χ0n) is 13.4. The minimum Gasteiger partial charge on any atom is -0.313 e. The lowest BCUT2D eigenvalue weighted by molar-refractivity contribution is 0.531. The van der Waals surface area contributed by atoms with Crippen LogP contribution in [0, 0.1) is 0 Å². The fourth-order valence-electron chi connectivity index (χ4n) is 2.23. The van der Waals surface area contributed by atoms with Crippen molar-refractivity contribution in [3.05, 3.63) is 15.9 Å². The summed E-state index contributed by atoms with van der Waals surface area (Å²) in [5, 5.41) is 8.98. The summed E-state index contributed by atoms with van der Waals surface area (Å²) in [7, 11) is 0. The second-order valence-corrected chi connectivity index (χ2v) is 7.62. The average Bonchev–Trinajstić information content (AvgIpc) is 2.72. The Morgan fingerprint density at radius 2 is 2.00 bits per heavy atom. The van der Waals surface area contributed by atoms with Crippen LogP contribution in [-0.4, -0.2) is 33.4 Å². The lowest BCUT2D eigenvalue weighted by Crippen LogP contribution is -2.34. The van der Waals surface area contributed by atoms with Crippen LogP contribution < -0.4 is 5.32 Å². The first-order chi connectivity index (χ1) is 9.53. The van der Waals surface area contributed by atoms with Gasteiger partial charge in [0.1, 0.15) is 0 Å². The number of hydrogen-bond donors (Lipinski definition) is 1. The second kappa shape index (κ2) is 9.11. The van der Waals surface area contributed by atoms with Crippen LogP contribution in [0.2, 0.25) is 0 Å². The molecule has 1 aromatic heterocycles. The third kappa shape index (κ3) is 5.08. The first-order valence-electron chi connectivity index (χ1n) is 7.62. The van der Waals surface area contributed by atoms with E-state index in [-0.39, 0.29) is 0 Å². The predicted molar refractivity (Wildman–Crippen MR) is 93.7 cm³/mol. The van der Waals surface area contributed by atoms with Gasteiger partial charge in [-0.25, -0.2) is 0 Å². The van der Waals surface area contributed by atoms with Crippen molar-refractivity contribution in [2.75, 3.05) is 12.3 Å². The smallest absolute Gasteiger partial charge is 0.0766 e. The molecular weight excluding hydrogens is 334 g/mol. The Morgan fingerprint density at radius 1 is 1.30 bits per heavy atom. The average molecular weight is 362 g/mol. The van der Waals surface area contributed by atoms with Crippen molar-refractivity contribution in [1.29, 1.82) is 0 Å². The Balaban J connectivity index is 2.83. The molecule has 0 aromatic carbocycles. The first kappa shape index (κ1) is 18.1. The molecule has 0 aliphatic heterocycles. The molecule has 0 saturated heterocycles. The molecule has 1 unspecified atom stereocenters. The number of aromatic nitrogens is 2. The monoisotopic (exact) mass is 361 g/mol. The molecule has 1 N–H and O–H groups in total. The van der Waals surface area contributed by atoms with E-state index in [1.807, 2.05) is 11.8 Å². The Morgan fingerprint density at radius 3 is 2.50 bits per heavy atom.